The van der Waals surface area contributed by atoms with Crippen molar-refractivity contribution < 1.29 is 14.6 Å². The van der Waals surface area contributed by atoms with E-state index in [0.29, 0.717) is 11.3 Å². The number of likely N-dealkylation sites (tertiary alicyclic amines) is 1. The van der Waals surface area contributed by atoms with Crippen LogP contribution in [0.15, 0.2) is 0 Å². The van der Waals surface area contributed by atoms with E-state index in [0.717, 1.165) is 71.4 Å². The molecule has 4 nitrogen and oxygen atoms in total. The summed E-state index contributed by atoms with van der Waals surface area (Å²) < 4.78 is 5.44. The van der Waals surface area contributed by atoms with Gasteiger partial charge in [-0.3, -0.25) is 4.79 Å². The maximum atomic E-state index is 11.8. The lowest BCUT2D eigenvalue weighted by Gasteiger charge is -2.54. The summed E-state index contributed by atoms with van der Waals surface area (Å²) in [6.07, 6.45) is 6.16. The van der Waals surface area contributed by atoms with Crippen LogP contribution in [0.4, 0.5) is 0 Å². The second kappa shape index (κ2) is 5.30. The van der Waals surface area contributed by atoms with Crippen molar-refractivity contribution in [2.75, 3.05) is 32.8 Å². The molecule has 1 saturated carbocycles. The van der Waals surface area contributed by atoms with Gasteiger partial charge >= 0.3 is 5.97 Å². The molecule has 0 unspecified atom stereocenters. The predicted octanol–water partition coefficient (Wildman–Crippen LogP) is 2.38. The van der Waals surface area contributed by atoms with Crippen molar-refractivity contribution in [2.24, 2.45) is 16.7 Å². The zero-order chi connectivity index (χ0) is 14.2. The largest absolute Gasteiger partial charge is 0.481 e. The Morgan fingerprint density at radius 1 is 1.20 bits per heavy atom. The van der Waals surface area contributed by atoms with Crippen molar-refractivity contribution in [3.05, 3.63) is 0 Å². The minimum absolute atomic E-state index is 0.444. The highest BCUT2D eigenvalue weighted by molar-refractivity contribution is 5.75. The van der Waals surface area contributed by atoms with Crippen molar-refractivity contribution in [1.82, 2.24) is 4.90 Å². The molecule has 3 fully saturated rings. The van der Waals surface area contributed by atoms with E-state index in [4.69, 9.17) is 4.74 Å². The van der Waals surface area contributed by atoms with Crippen LogP contribution in [0, 0.1) is 16.7 Å². The van der Waals surface area contributed by atoms with E-state index >= 15 is 0 Å². The van der Waals surface area contributed by atoms with Gasteiger partial charge in [-0.25, -0.2) is 0 Å². The van der Waals surface area contributed by atoms with E-state index in [1.807, 2.05) is 0 Å². The molecule has 3 aliphatic rings. The minimum atomic E-state index is -0.572. The van der Waals surface area contributed by atoms with Gasteiger partial charge in [-0.15, -0.1) is 0 Å². The third-order valence-electron chi connectivity index (χ3n) is 5.88. The fraction of sp³-hybridized carbons (Fsp3) is 0.938. The number of aliphatic carboxylic acids is 1. The first kappa shape index (κ1) is 14.3. The lowest BCUT2D eigenvalue weighted by molar-refractivity contribution is -0.158. The molecule has 2 saturated heterocycles. The average Bonchev–Trinajstić information content (AvgIpc) is 2.41. The van der Waals surface area contributed by atoms with Crippen LogP contribution in [0.25, 0.3) is 0 Å². The summed E-state index contributed by atoms with van der Waals surface area (Å²) in [6.45, 7) is 6.94. The normalized spacial score (nSPS) is 37.5. The maximum Gasteiger partial charge on any atom is 0.310 e. The molecule has 0 radical (unpaired) electrons. The first-order chi connectivity index (χ1) is 9.54. The van der Waals surface area contributed by atoms with Crippen molar-refractivity contribution >= 4 is 5.97 Å². The summed E-state index contributed by atoms with van der Waals surface area (Å²) in [6, 6.07) is 0. The van der Waals surface area contributed by atoms with Gasteiger partial charge in [0.2, 0.25) is 0 Å². The van der Waals surface area contributed by atoms with Crippen LogP contribution < -0.4 is 0 Å². The zero-order valence-electron chi connectivity index (χ0n) is 12.6. The highest BCUT2D eigenvalue weighted by Gasteiger charge is 2.49. The summed E-state index contributed by atoms with van der Waals surface area (Å²) in [5, 5.41) is 9.70. The van der Waals surface area contributed by atoms with Crippen LogP contribution in [-0.2, 0) is 9.53 Å². The first-order valence-electron chi connectivity index (χ1n) is 8.07. The Hall–Kier alpha value is -0.610. The molecule has 0 bridgehead atoms. The average molecular weight is 281 g/mol. The van der Waals surface area contributed by atoms with Crippen molar-refractivity contribution in [3.63, 3.8) is 0 Å². The molecule has 20 heavy (non-hydrogen) atoms. The Labute approximate surface area is 121 Å². The molecule has 1 spiro atoms. The number of hydrogen-bond donors (Lipinski definition) is 1. The molecule has 1 N–H and O–H groups in total. The maximum absolute atomic E-state index is 11.8. The third-order valence-corrected chi connectivity index (χ3v) is 5.88. The lowest BCUT2D eigenvalue weighted by Crippen LogP contribution is -2.61. The van der Waals surface area contributed by atoms with Gasteiger partial charge in [-0.1, -0.05) is 6.92 Å². The number of carboxylic acid groups (broad SMARTS) is 1. The molecule has 2 aliphatic heterocycles. The van der Waals surface area contributed by atoms with Gasteiger partial charge in [0.1, 0.15) is 0 Å². The second-order valence-corrected chi connectivity index (χ2v) is 7.53. The monoisotopic (exact) mass is 281 g/mol. The van der Waals surface area contributed by atoms with Crippen LogP contribution >= 0.6 is 0 Å². The van der Waals surface area contributed by atoms with Gasteiger partial charge < -0.3 is 14.7 Å². The Bertz CT molecular complexity index is 360. The predicted molar refractivity (Wildman–Crippen MR) is 76.6 cm³/mol. The lowest BCUT2D eigenvalue weighted by atomic mass is 9.68. The van der Waals surface area contributed by atoms with E-state index in [-0.39, 0.29) is 0 Å². The summed E-state index contributed by atoms with van der Waals surface area (Å²) in [4.78, 5) is 14.2. The van der Waals surface area contributed by atoms with Gasteiger partial charge in [0.25, 0.3) is 0 Å². The Morgan fingerprint density at radius 2 is 1.80 bits per heavy atom. The number of carbonyl (C=O) groups is 1. The summed E-state index contributed by atoms with van der Waals surface area (Å²) in [7, 11) is 0. The van der Waals surface area contributed by atoms with E-state index in [9.17, 15) is 9.90 Å². The van der Waals surface area contributed by atoms with Crippen LogP contribution in [0.5, 0.6) is 0 Å². The zero-order valence-corrected chi connectivity index (χ0v) is 12.6. The first-order valence-corrected chi connectivity index (χ1v) is 8.07. The molecule has 2 heterocycles. The summed E-state index contributed by atoms with van der Waals surface area (Å²) >= 11 is 0. The Balaban J connectivity index is 1.57. The molecule has 1 aliphatic carbocycles. The smallest absolute Gasteiger partial charge is 0.310 e. The number of ether oxygens (including phenoxy) is 1. The topological polar surface area (TPSA) is 49.8 Å². The molecule has 0 atom stereocenters. The number of hydrogen-bond acceptors (Lipinski definition) is 3. The molecular weight excluding hydrogens is 254 g/mol. The number of carboxylic acids is 1. The fourth-order valence-corrected chi connectivity index (χ4v) is 4.32. The highest BCUT2D eigenvalue weighted by atomic mass is 16.5. The highest BCUT2D eigenvalue weighted by Crippen LogP contribution is 2.45. The molecule has 0 amide bonds. The van der Waals surface area contributed by atoms with E-state index < -0.39 is 11.4 Å². The molecular formula is C16H27NO3. The summed E-state index contributed by atoms with van der Waals surface area (Å²) in [5.74, 6) is 0.123. The molecule has 3 rings (SSSR count). The van der Waals surface area contributed by atoms with Gasteiger partial charge in [0.05, 0.1) is 5.41 Å². The third kappa shape index (κ3) is 2.60. The number of nitrogens with zero attached hydrogens (tertiary/aromatic N) is 1. The van der Waals surface area contributed by atoms with Crippen molar-refractivity contribution in [1.29, 1.82) is 0 Å². The second-order valence-electron chi connectivity index (χ2n) is 7.53. The molecule has 4 heteroatoms. The molecule has 114 valence electrons. The van der Waals surface area contributed by atoms with E-state index in [1.165, 1.54) is 0 Å². The van der Waals surface area contributed by atoms with Gasteiger partial charge in [0, 0.05) is 38.3 Å². The Morgan fingerprint density at radius 3 is 2.35 bits per heavy atom. The minimum Gasteiger partial charge on any atom is -0.481 e. The Kier molecular flexibility index (Phi) is 3.80. The molecule has 0 aromatic rings. The number of rotatable bonds is 3. The van der Waals surface area contributed by atoms with Gasteiger partial charge in [-0.2, -0.15) is 0 Å². The van der Waals surface area contributed by atoms with Gasteiger partial charge in [-0.05, 0) is 44.4 Å². The van der Waals surface area contributed by atoms with Crippen molar-refractivity contribution in [2.45, 2.75) is 45.4 Å². The molecule has 0 aromatic carbocycles. The van der Waals surface area contributed by atoms with Crippen LogP contribution in [0.3, 0.4) is 0 Å². The molecule has 0 aromatic heterocycles. The van der Waals surface area contributed by atoms with E-state index in [1.54, 1.807) is 0 Å². The fourth-order valence-electron chi connectivity index (χ4n) is 4.32. The van der Waals surface area contributed by atoms with Crippen molar-refractivity contribution in [3.8, 4) is 0 Å². The SMILES string of the molecule is CC1CCC(CN2CC3(CCOCC3)C2)(C(=O)O)CC1. The van der Waals surface area contributed by atoms with Crippen LogP contribution in [-0.4, -0.2) is 48.8 Å². The standard InChI is InChI=1S/C16H27NO3/c1-13-2-4-16(5-3-13,14(18)19)12-17-10-15(11-17)6-8-20-9-7-15/h13H,2-12H2,1H3,(H,18,19). The quantitative estimate of drug-likeness (QED) is 0.863. The van der Waals surface area contributed by atoms with Crippen LogP contribution in [0.1, 0.15) is 45.4 Å². The summed E-state index contributed by atoms with van der Waals surface area (Å²) in [5.41, 5.74) is -0.0286. The van der Waals surface area contributed by atoms with Gasteiger partial charge in [0.15, 0.2) is 0 Å². The van der Waals surface area contributed by atoms with Crippen LogP contribution in [0.2, 0.25) is 0 Å². The van der Waals surface area contributed by atoms with E-state index in [2.05, 4.69) is 11.8 Å².